The number of hydroxylamine groups is 1. The van der Waals surface area contributed by atoms with E-state index in [9.17, 15) is 18.0 Å². The van der Waals surface area contributed by atoms with Crippen molar-refractivity contribution in [2.24, 2.45) is 0 Å². The molecule has 1 N–H and O–H groups in total. The summed E-state index contributed by atoms with van der Waals surface area (Å²) >= 11 is 1.36. The summed E-state index contributed by atoms with van der Waals surface area (Å²) in [5.41, 5.74) is 9.01. The highest BCUT2D eigenvalue weighted by Crippen LogP contribution is 2.46. The minimum absolute atomic E-state index is 0.0285. The van der Waals surface area contributed by atoms with Crippen molar-refractivity contribution < 1.29 is 32.3 Å². The number of rotatable bonds is 8. The molecule has 11 heteroatoms. The minimum Gasteiger partial charge on any atom is -0.448 e. The molecule has 2 fully saturated rings. The van der Waals surface area contributed by atoms with E-state index >= 15 is 0 Å². The number of sulfone groups is 1. The molecule has 3 aromatic carbocycles. The van der Waals surface area contributed by atoms with Gasteiger partial charge in [-0.25, -0.2) is 23.5 Å². The largest absolute Gasteiger partial charge is 0.448 e. The number of nitrogens with one attached hydrogen (secondary N) is 1. The van der Waals surface area contributed by atoms with Crippen molar-refractivity contribution in [3.05, 3.63) is 106 Å². The highest BCUT2D eigenvalue weighted by molar-refractivity contribution is 7.92. The molecule has 7 rings (SSSR count). The molecule has 4 aromatic rings. The molecular weight excluding hydrogens is 661 g/mol. The van der Waals surface area contributed by atoms with Gasteiger partial charge in [0.2, 0.25) is 5.91 Å². The lowest BCUT2D eigenvalue weighted by Gasteiger charge is -2.31. The van der Waals surface area contributed by atoms with E-state index in [2.05, 4.69) is 29.7 Å². The summed E-state index contributed by atoms with van der Waals surface area (Å²) in [6.07, 6.45) is 1.03. The molecule has 0 bridgehead atoms. The molecular formula is C38H40N2O7S2. The zero-order chi connectivity index (χ0) is 34.0. The third-order valence-corrected chi connectivity index (χ3v) is 13.8. The van der Waals surface area contributed by atoms with E-state index in [4.69, 9.17) is 14.3 Å². The average molecular weight is 701 g/mol. The molecule has 49 heavy (non-hydrogen) atoms. The van der Waals surface area contributed by atoms with Crippen LogP contribution in [0.1, 0.15) is 59.6 Å². The van der Waals surface area contributed by atoms with E-state index in [1.807, 2.05) is 61.5 Å². The lowest BCUT2D eigenvalue weighted by Crippen LogP contribution is -2.43. The Bertz CT molecular complexity index is 1890. The molecule has 1 aliphatic carbocycles. The Balaban J connectivity index is 1.12. The predicted molar refractivity (Wildman–Crippen MR) is 189 cm³/mol. The average Bonchev–Trinajstić information content (AvgIpc) is 3.70. The first-order chi connectivity index (χ1) is 23.7. The third-order valence-electron chi connectivity index (χ3n) is 9.88. The molecule has 0 radical (unpaired) electrons. The molecule has 2 atom stereocenters. The number of carbonyl (C=O) groups excluding carboxylic acids is 2. The van der Waals surface area contributed by atoms with Crippen LogP contribution in [0.5, 0.6) is 0 Å². The fourth-order valence-corrected chi connectivity index (χ4v) is 10.7. The Kier molecular flexibility index (Phi) is 9.61. The molecule has 9 nitrogen and oxygen atoms in total. The van der Waals surface area contributed by atoms with Crippen LogP contribution >= 0.6 is 11.3 Å². The van der Waals surface area contributed by atoms with Gasteiger partial charge in [0.05, 0.1) is 12.2 Å². The molecule has 256 valence electrons. The van der Waals surface area contributed by atoms with Gasteiger partial charge in [0.1, 0.15) is 11.4 Å². The Morgan fingerprint density at radius 3 is 2.35 bits per heavy atom. The maximum absolute atomic E-state index is 14.3. The first-order valence-electron chi connectivity index (χ1n) is 16.8. The van der Waals surface area contributed by atoms with Crippen LogP contribution in [-0.4, -0.2) is 63.7 Å². The third kappa shape index (κ3) is 6.77. The van der Waals surface area contributed by atoms with Gasteiger partial charge in [0, 0.05) is 41.8 Å². The van der Waals surface area contributed by atoms with Crippen LogP contribution in [0.3, 0.4) is 0 Å². The quantitative estimate of drug-likeness (QED) is 0.198. The zero-order valence-corrected chi connectivity index (χ0v) is 29.1. The van der Waals surface area contributed by atoms with Gasteiger partial charge in [-0.1, -0.05) is 78.4 Å². The molecule has 3 aliphatic rings. The predicted octanol–water partition coefficient (Wildman–Crippen LogP) is 6.95. The van der Waals surface area contributed by atoms with Crippen LogP contribution in [0.25, 0.3) is 21.6 Å². The number of thiophene rings is 1. The van der Waals surface area contributed by atoms with E-state index in [1.165, 1.54) is 16.2 Å². The van der Waals surface area contributed by atoms with Gasteiger partial charge in [-0.15, -0.1) is 11.3 Å². The summed E-state index contributed by atoms with van der Waals surface area (Å²) in [5, 5.41) is 0. The van der Waals surface area contributed by atoms with Crippen molar-refractivity contribution in [1.82, 2.24) is 10.4 Å². The molecule has 0 spiro atoms. The van der Waals surface area contributed by atoms with Gasteiger partial charge >= 0.3 is 6.09 Å². The summed E-state index contributed by atoms with van der Waals surface area (Å²) in [5.74, 6) is -0.985. The molecule has 1 aromatic heterocycles. The number of aryl methyl sites for hydroxylation is 1. The van der Waals surface area contributed by atoms with Crippen LogP contribution in [0.4, 0.5) is 4.79 Å². The first kappa shape index (κ1) is 33.5. The summed E-state index contributed by atoms with van der Waals surface area (Å²) in [6.45, 7) is 2.76. The Hall–Kier alpha value is -4.03. The van der Waals surface area contributed by atoms with E-state index in [0.717, 1.165) is 51.1 Å². The van der Waals surface area contributed by atoms with Gasteiger partial charge in [-0.2, -0.15) is 0 Å². The number of ether oxygens (including phenoxy) is 2. The number of fused-ring (bicyclic) bond motifs is 3. The lowest BCUT2D eigenvalue weighted by atomic mass is 9.97. The Morgan fingerprint density at radius 2 is 1.65 bits per heavy atom. The fourth-order valence-electron chi connectivity index (χ4n) is 7.13. The molecule has 2 aliphatic heterocycles. The Labute approximate surface area is 291 Å². The van der Waals surface area contributed by atoms with Gasteiger partial charge in [0.15, 0.2) is 16.1 Å². The maximum Gasteiger partial charge on any atom is 0.409 e. The molecule has 2 saturated heterocycles. The van der Waals surface area contributed by atoms with Crippen LogP contribution in [-0.2, 0) is 33.7 Å². The van der Waals surface area contributed by atoms with Crippen LogP contribution in [0.2, 0.25) is 0 Å². The second-order valence-corrected chi connectivity index (χ2v) is 16.5. The normalized spacial score (nSPS) is 21.7. The zero-order valence-electron chi connectivity index (χ0n) is 27.4. The van der Waals surface area contributed by atoms with Crippen LogP contribution < -0.4 is 5.48 Å². The van der Waals surface area contributed by atoms with Gasteiger partial charge in [0.25, 0.3) is 0 Å². The molecule has 0 saturated carbocycles. The second-order valence-electron chi connectivity index (χ2n) is 13.0. The number of hydrogen-bond acceptors (Lipinski definition) is 8. The first-order valence-corrected chi connectivity index (χ1v) is 19.3. The topological polar surface area (TPSA) is 111 Å². The fraction of sp³-hybridized carbons (Fsp3) is 0.368. The molecule has 3 heterocycles. The highest BCUT2D eigenvalue weighted by atomic mass is 32.2. The van der Waals surface area contributed by atoms with E-state index in [-0.39, 0.29) is 44.2 Å². The van der Waals surface area contributed by atoms with Crippen molar-refractivity contribution >= 4 is 33.2 Å². The van der Waals surface area contributed by atoms with Crippen LogP contribution in [0, 0.1) is 6.92 Å². The number of nitrogens with zero attached hydrogens (tertiary/aromatic N) is 1. The smallest absolute Gasteiger partial charge is 0.409 e. The molecule has 2 unspecified atom stereocenters. The summed E-state index contributed by atoms with van der Waals surface area (Å²) < 4.78 is 38.6. The van der Waals surface area contributed by atoms with E-state index in [0.29, 0.717) is 17.9 Å². The van der Waals surface area contributed by atoms with Gasteiger partial charge in [-0.05, 0) is 66.1 Å². The number of carbonyl (C=O) groups is 2. The minimum atomic E-state index is -3.95. The SMILES string of the molecule is Cc1ccc(-c2ccc(C3(CC(=O)NOC4CCCCO4)CCN(C(=O)OCC4c5ccccc5-c5ccccc54)CCS3(=O)=O)s2)cc1. The maximum atomic E-state index is 14.3. The molecule has 2 amide bonds. The summed E-state index contributed by atoms with van der Waals surface area (Å²) in [6, 6.07) is 28.0. The van der Waals surface area contributed by atoms with E-state index < -0.39 is 32.9 Å². The monoisotopic (exact) mass is 700 g/mol. The number of benzene rings is 3. The number of hydrogen-bond donors (Lipinski definition) is 1. The Morgan fingerprint density at radius 1 is 0.939 bits per heavy atom. The van der Waals surface area contributed by atoms with Gasteiger partial charge in [-0.3, -0.25) is 4.79 Å². The second kappa shape index (κ2) is 14.1. The van der Waals surface area contributed by atoms with Crippen molar-refractivity contribution in [2.45, 2.75) is 56.0 Å². The van der Waals surface area contributed by atoms with Crippen LogP contribution in [0.15, 0.2) is 84.9 Å². The number of amides is 2. The van der Waals surface area contributed by atoms with Crippen molar-refractivity contribution in [2.75, 3.05) is 32.1 Å². The van der Waals surface area contributed by atoms with Crippen molar-refractivity contribution in [1.29, 1.82) is 0 Å². The standard InChI is InChI=1S/C38H40N2O7S2/c1-26-13-15-27(16-14-26)33-17-18-34(48-33)38(24-35(41)39-47-36-12-6-7-22-45-36)19-20-40(21-23-49(38,43)44)37(42)46-25-32-30-10-4-2-8-28(30)29-9-3-5-11-31(29)32/h2-5,8-11,13-18,32,36H,6-7,12,19-25H2,1H3,(H,39,41). The van der Waals surface area contributed by atoms with Gasteiger partial charge < -0.3 is 14.4 Å². The lowest BCUT2D eigenvalue weighted by molar-refractivity contribution is -0.200. The van der Waals surface area contributed by atoms with Crippen molar-refractivity contribution in [3.63, 3.8) is 0 Å². The summed E-state index contributed by atoms with van der Waals surface area (Å²) in [4.78, 5) is 35.5. The van der Waals surface area contributed by atoms with Crippen molar-refractivity contribution in [3.8, 4) is 21.6 Å². The highest BCUT2D eigenvalue weighted by Gasteiger charge is 2.50. The van der Waals surface area contributed by atoms with E-state index in [1.54, 1.807) is 6.07 Å². The summed E-state index contributed by atoms with van der Waals surface area (Å²) in [7, 11) is -3.95.